The normalized spacial score (nSPS) is 24.1. The van der Waals surface area contributed by atoms with Gasteiger partial charge in [0.1, 0.15) is 5.82 Å². The maximum atomic E-state index is 12.7. The number of rotatable bonds is 5. The molecular formula is C13H18FNS. The zero-order chi connectivity index (χ0) is 11.4. The van der Waals surface area contributed by atoms with Crippen molar-refractivity contribution in [1.82, 2.24) is 5.32 Å². The van der Waals surface area contributed by atoms with Crippen LogP contribution in [-0.4, -0.2) is 24.6 Å². The van der Waals surface area contributed by atoms with Crippen LogP contribution in [0, 0.1) is 5.82 Å². The van der Waals surface area contributed by atoms with Crippen LogP contribution in [0.15, 0.2) is 24.3 Å². The first-order valence-corrected chi connectivity index (χ1v) is 7.17. The molecule has 1 saturated carbocycles. The summed E-state index contributed by atoms with van der Waals surface area (Å²) >= 11 is 1.87. The quantitative estimate of drug-likeness (QED) is 0.793. The first kappa shape index (κ1) is 11.9. The van der Waals surface area contributed by atoms with Crippen molar-refractivity contribution in [3.8, 4) is 0 Å². The Morgan fingerprint density at radius 3 is 2.62 bits per heavy atom. The van der Waals surface area contributed by atoms with Crippen LogP contribution in [0.1, 0.15) is 24.3 Å². The summed E-state index contributed by atoms with van der Waals surface area (Å²) in [6.45, 7) is 1.10. The van der Waals surface area contributed by atoms with E-state index in [1.165, 1.54) is 24.2 Å². The molecule has 16 heavy (non-hydrogen) atoms. The zero-order valence-corrected chi connectivity index (χ0v) is 10.4. The highest BCUT2D eigenvalue weighted by molar-refractivity contribution is 7.98. The lowest BCUT2D eigenvalue weighted by Crippen LogP contribution is -2.41. The molecular weight excluding hydrogens is 221 g/mol. The van der Waals surface area contributed by atoms with Gasteiger partial charge in [-0.3, -0.25) is 0 Å². The van der Waals surface area contributed by atoms with Gasteiger partial charge >= 0.3 is 0 Å². The third-order valence-corrected chi connectivity index (χ3v) is 3.83. The minimum absolute atomic E-state index is 0.141. The average Bonchev–Trinajstić information content (AvgIpc) is 2.23. The van der Waals surface area contributed by atoms with E-state index in [9.17, 15) is 4.39 Å². The van der Waals surface area contributed by atoms with Gasteiger partial charge < -0.3 is 5.32 Å². The van der Waals surface area contributed by atoms with Gasteiger partial charge in [0.15, 0.2) is 0 Å². The summed E-state index contributed by atoms with van der Waals surface area (Å²) in [6.07, 6.45) is 4.52. The van der Waals surface area contributed by atoms with Gasteiger partial charge in [-0.2, -0.15) is 11.8 Å². The van der Waals surface area contributed by atoms with E-state index in [4.69, 9.17) is 0 Å². The molecule has 0 aliphatic heterocycles. The zero-order valence-electron chi connectivity index (χ0n) is 9.58. The molecule has 0 amide bonds. The topological polar surface area (TPSA) is 12.0 Å². The van der Waals surface area contributed by atoms with Gasteiger partial charge in [-0.15, -0.1) is 0 Å². The fourth-order valence-corrected chi connectivity index (χ4v) is 2.48. The molecule has 1 aromatic carbocycles. The van der Waals surface area contributed by atoms with Crippen molar-refractivity contribution in [1.29, 1.82) is 0 Å². The van der Waals surface area contributed by atoms with Crippen LogP contribution in [-0.2, 0) is 0 Å². The minimum Gasteiger partial charge on any atom is -0.313 e. The van der Waals surface area contributed by atoms with Gasteiger partial charge in [-0.05, 0) is 42.7 Å². The number of hydrogen-bond acceptors (Lipinski definition) is 2. The molecule has 0 saturated heterocycles. The third-order valence-electron chi connectivity index (χ3n) is 3.22. The summed E-state index contributed by atoms with van der Waals surface area (Å²) < 4.78 is 12.7. The number of halogens is 1. The molecule has 1 aliphatic carbocycles. The molecule has 1 fully saturated rings. The second kappa shape index (κ2) is 5.69. The van der Waals surface area contributed by atoms with E-state index in [-0.39, 0.29) is 5.82 Å². The standard InChI is InChI=1S/C13H18FNS/c1-16-7-6-15-13-8-11(9-13)10-2-4-12(14)5-3-10/h2-5,11,13,15H,6-9H2,1H3. The van der Waals surface area contributed by atoms with Crippen LogP contribution >= 0.6 is 11.8 Å². The minimum atomic E-state index is -0.141. The van der Waals surface area contributed by atoms with Crippen molar-refractivity contribution in [2.75, 3.05) is 18.6 Å². The van der Waals surface area contributed by atoms with E-state index < -0.39 is 0 Å². The maximum Gasteiger partial charge on any atom is 0.123 e. The molecule has 0 radical (unpaired) electrons. The van der Waals surface area contributed by atoms with Crippen molar-refractivity contribution in [2.24, 2.45) is 0 Å². The van der Waals surface area contributed by atoms with Crippen molar-refractivity contribution >= 4 is 11.8 Å². The van der Waals surface area contributed by atoms with Crippen LogP contribution in [0.3, 0.4) is 0 Å². The highest BCUT2D eigenvalue weighted by Gasteiger charge is 2.29. The predicted octanol–water partition coefficient (Wildman–Crippen LogP) is 3.02. The van der Waals surface area contributed by atoms with Crippen molar-refractivity contribution in [2.45, 2.75) is 24.8 Å². The van der Waals surface area contributed by atoms with Gasteiger partial charge in [0.05, 0.1) is 0 Å². The fraction of sp³-hybridized carbons (Fsp3) is 0.538. The summed E-state index contributed by atoms with van der Waals surface area (Å²) in [4.78, 5) is 0. The number of hydrogen-bond donors (Lipinski definition) is 1. The molecule has 0 unspecified atom stereocenters. The molecule has 88 valence electrons. The lowest BCUT2D eigenvalue weighted by Gasteiger charge is -2.36. The van der Waals surface area contributed by atoms with Gasteiger partial charge in [-0.1, -0.05) is 12.1 Å². The first-order valence-electron chi connectivity index (χ1n) is 5.77. The summed E-state index contributed by atoms with van der Waals surface area (Å²) in [5, 5.41) is 3.54. The Hall–Kier alpha value is -0.540. The van der Waals surface area contributed by atoms with E-state index in [2.05, 4.69) is 11.6 Å². The highest BCUT2D eigenvalue weighted by atomic mass is 32.2. The third kappa shape index (κ3) is 2.98. The molecule has 0 heterocycles. The van der Waals surface area contributed by atoms with Gasteiger partial charge in [0.2, 0.25) is 0 Å². The largest absolute Gasteiger partial charge is 0.313 e. The highest BCUT2D eigenvalue weighted by Crippen LogP contribution is 2.36. The Morgan fingerprint density at radius 2 is 2.00 bits per heavy atom. The summed E-state index contributed by atoms with van der Waals surface area (Å²) in [5.41, 5.74) is 1.28. The van der Waals surface area contributed by atoms with Crippen LogP contribution in [0.2, 0.25) is 0 Å². The van der Waals surface area contributed by atoms with E-state index >= 15 is 0 Å². The fourth-order valence-electron chi connectivity index (χ4n) is 2.16. The first-order chi connectivity index (χ1) is 7.79. The smallest absolute Gasteiger partial charge is 0.123 e. The molecule has 0 aromatic heterocycles. The average molecular weight is 239 g/mol. The van der Waals surface area contributed by atoms with Crippen LogP contribution in [0.25, 0.3) is 0 Å². The monoisotopic (exact) mass is 239 g/mol. The summed E-state index contributed by atoms with van der Waals surface area (Å²) in [6, 6.07) is 7.62. The van der Waals surface area contributed by atoms with E-state index in [0.29, 0.717) is 12.0 Å². The van der Waals surface area contributed by atoms with Gasteiger partial charge in [-0.25, -0.2) is 4.39 Å². The van der Waals surface area contributed by atoms with Gasteiger partial charge in [0.25, 0.3) is 0 Å². The van der Waals surface area contributed by atoms with E-state index in [1.54, 1.807) is 12.1 Å². The molecule has 1 aromatic rings. The van der Waals surface area contributed by atoms with Crippen LogP contribution < -0.4 is 5.32 Å². The molecule has 2 rings (SSSR count). The van der Waals surface area contributed by atoms with Gasteiger partial charge in [0, 0.05) is 18.3 Å². The lowest BCUT2D eigenvalue weighted by molar-refractivity contribution is 0.296. The Balaban J connectivity index is 1.73. The maximum absolute atomic E-state index is 12.7. The van der Waals surface area contributed by atoms with Crippen molar-refractivity contribution < 1.29 is 4.39 Å². The Bertz CT molecular complexity index is 319. The molecule has 0 spiro atoms. The van der Waals surface area contributed by atoms with Crippen molar-refractivity contribution in [3.05, 3.63) is 35.6 Å². The molecule has 0 atom stereocenters. The second-order valence-corrected chi connectivity index (χ2v) is 5.35. The number of nitrogens with one attached hydrogen (secondary N) is 1. The number of benzene rings is 1. The number of thioether (sulfide) groups is 1. The SMILES string of the molecule is CSCCNC1CC(c2ccc(F)cc2)C1. The molecule has 0 bridgehead atoms. The summed E-state index contributed by atoms with van der Waals surface area (Å²) in [5.74, 6) is 1.67. The molecule has 3 heteroatoms. The van der Waals surface area contributed by atoms with Crippen LogP contribution in [0.5, 0.6) is 0 Å². The Kier molecular flexibility index (Phi) is 4.24. The lowest BCUT2D eigenvalue weighted by atomic mass is 9.76. The Morgan fingerprint density at radius 1 is 1.31 bits per heavy atom. The summed E-state index contributed by atoms with van der Waals surface area (Å²) in [7, 11) is 0. The Labute approximate surface area is 101 Å². The molecule has 1 N–H and O–H groups in total. The second-order valence-electron chi connectivity index (χ2n) is 4.36. The molecule has 1 aliphatic rings. The van der Waals surface area contributed by atoms with Crippen LogP contribution in [0.4, 0.5) is 4.39 Å². The van der Waals surface area contributed by atoms with E-state index in [0.717, 1.165) is 6.54 Å². The predicted molar refractivity (Wildman–Crippen MR) is 68.5 cm³/mol. The molecule has 1 nitrogen and oxygen atoms in total. The van der Waals surface area contributed by atoms with Crippen molar-refractivity contribution in [3.63, 3.8) is 0 Å². The van der Waals surface area contributed by atoms with E-state index in [1.807, 2.05) is 23.9 Å².